The summed E-state index contributed by atoms with van der Waals surface area (Å²) in [5.74, 6) is 1.21. The summed E-state index contributed by atoms with van der Waals surface area (Å²) in [4.78, 5) is 23.3. The minimum absolute atomic E-state index is 0.0429. The summed E-state index contributed by atoms with van der Waals surface area (Å²) in [6.07, 6.45) is 0. The predicted octanol–water partition coefficient (Wildman–Crippen LogP) is 13.1. The highest BCUT2D eigenvalue weighted by Crippen LogP contribution is 2.41. The van der Waals surface area contributed by atoms with Crippen LogP contribution in [0.3, 0.4) is 0 Å². The summed E-state index contributed by atoms with van der Waals surface area (Å²) in [5, 5.41) is 4.48. The maximum absolute atomic E-state index is 8.07. The monoisotopic (exact) mass is 725 g/mol. The van der Waals surface area contributed by atoms with Crippen LogP contribution in [-0.4, -0.2) is 24.1 Å². The lowest BCUT2D eigenvalue weighted by molar-refractivity contribution is 0.590. The lowest BCUT2D eigenvalue weighted by Gasteiger charge is -2.19. The van der Waals surface area contributed by atoms with Crippen LogP contribution in [-0.2, 0) is 10.8 Å². The molecule has 6 aromatic carbocycles. The van der Waals surface area contributed by atoms with Gasteiger partial charge in [-0.25, -0.2) is 14.7 Å². The third kappa shape index (κ3) is 5.60. The van der Waals surface area contributed by atoms with Gasteiger partial charge in [-0.15, -0.1) is 0 Å². The number of rotatable bonds is 4. The van der Waals surface area contributed by atoms with Crippen LogP contribution >= 0.6 is 0 Å². The van der Waals surface area contributed by atoms with E-state index in [1.54, 1.807) is 6.07 Å². The Morgan fingerprint density at radius 2 is 0.982 bits per heavy atom. The second kappa shape index (κ2) is 12.8. The first-order valence-corrected chi connectivity index (χ1v) is 18.8. The van der Waals surface area contributed by atoms with E-state index >= 15 is 0 Å². The van der Waals surface area contributed by atoms with Crippen molar-refractivity contribution in [1.29, 1.82) is 0 Å². The topological polar surface area (TPSA) is 57.2 Å². The van der Waals surface area contributed by atoms with Crippen LogP contribution in [0.1, 0.15) is 52.7 Å². The van der Waals surface area contributed by atoms with E-state index in [-0.39, 0.29) is 10.8 Å². The van der Waals surface area contributed by atoms with Crippen molar-refractivity contribution in [3.8, 4) is 34.4 Å². The van der Waals surface area contributed by atoms with E-state index in [1.807, 2.05) is 60.7 Å². The fourth-order valence-corrected chi connectivity index (χ4v) is 7.79. The van der Waals surface area contributed by atoms with Crippen LogP contribution in [0.15, 0.2) is 127 Å². The molecule has 270 valence electrons. The Morgan fingerprint density at radius 1 is 0.464 bits per heavy atom. The molecule has 0 fully saturated rings. The van der Waals surface area contributed by atoms with Gasteiger partial charge in [0.25, 0.3) is 0 Å². The zero-order chi connectivity index (χ0) is 38.9. The van der Waals surface area contributed by atoms with E-state index in [0.29, 0.717) is 40.1 Å². The molecular weight excluding hydrogens is 687 g/mol. The van der Waals surface area contributed by atoms with Crippen molar-refractivity contribution in [2.75, 3.05) is 0 Å². The Bertz CT molecular complexity index is 3010. The van der Waals surface area contributed by atoms with Gasteiger partial charge in [0.1, 0.15) is 0 Å². The molecule has 3 aromatic heterocycles. The highest BCUT2D eigenvalue weighted by molar-refractivity contribution is 6.11. The van der Waals surface area contributed by atoms with Gasteiger partial charge in [0, 0.05) is 32.7 Å². The van der Waals surface area contributed by atoms with Crippen LogP contribution in [0.25, 0.3) is 87.7 Å². The van der Waals surface area contributed by atoms with Crippen molar-refractivity contribution < 1.29 is 0 Å². The summed E-state index contributed by atoms with van der Waals surface area (Å²) in [5.41, 5.74) is 9.48. The van der Waals surface area contributed by atoms with Gasteiger partial charge in [-0.3, -0.25) is 4.57 Å². The zero-order valence-electron chi connectivity index (χ0n) is 32.3. The lowest BCUT2D eigenvalue weighted by Crippen LogP contribution is -2.10. The van der Waals surface area contributed by atoms with Gasteiger partial charge in [-0.2, -0.15) is 9.97 Å². The molecule has 0 spiro atoms. The Labute approximate surface area is 326 Å². The van der Waals surface area contributed by atoms with E-state index in [0.717, 1.165) is 49.3 Å². The highest BCUT2D eigenvalue weighted by Gasteiger charge is 2.25. The van der Waals surface area contributed by atoms with E-state index < -0.39 is 0 Å². The van der Waals surface area contributed by atoms with Crippen molar-refractivity contribution in [2.45, 2.75) is 52.4 Å². The molecule has 0 N–H and O–H groups in total. The minimum Gasteiger partial charge on any atom is -0.309 e. The molecule has 7 nitrogen and oxygen atoms in total. The number of para-hydroxylation sites is 3. The van der Waals surface area contributed by atoms with Gasteiger partial charge in [-0.05, 0) is 70.5 Å². The maximum atomic E-state index is 8.07. The van der Waals surface area contributed by atoms with Crippen molar-refractivity contribution in [3.05, 3.63) is 161 Å². The molecule has 9 aromatic rings. The molecule has 0 atom stereocenters. The van der Waals surface area contributed by atoms with Gasteiger partial charge in [0.2, 0.25) is 5.95 Å². The molecule has 0 saturated carbocycles. The molecule has 0 unspecified atom stereocenters. The van der Waals surface area contributed by atoms with Crippen molar-refractivity contribution in [1.82, 2.24) is 24.1 Å². The first-order chi connectivity index (χ1) is 26.9. The number of nitrogens with zero attached hydrogens (tertiary/aromatic N) is 7. The average Bonchev–Trinajstić information content (AvgIpc) is 3.72. The molecule has 0 aliphatic rings. The Balaban J connectivity index is 1.39. The quantitative estimate of drug-likeness (QED) is 0.170. The Kier molecular flexibility index (Phi) is 7.90. The van der Waals surface area contributed by atoms with Gasteiger partial charge in [0.15, 0.2) is 23.0 Å². The Morgan fingerprint density at radius 3 is 1.54 bits per heavy atom. The number of hydrogen-bond acceptors (Lipinski definition) is 3. The molecule has 0 bridgehead atoms. The van der Waals surface area contributed by atoms with Crippen molar-refractivity contribution >= 4 is 55.0 Å². The van der Waals surface area contributed by atoms with Crippen LogP contribution in [0.5, 0.6) is 0 Å². The summed E-state index contributed by atoms with van der Waals surface area (Å²) < 4.78 is 4.35. The van der Waals surface area contributed by atoms with E-state index in [4.69, 9.17) is 28.1 Å². The summed E-state index contributed by atoms with van der Waals surface area (Å²) in [7, 11) is 0. The van der Waals surface area contributed by atoms with Crippen LogP contribution < -0.4 is 0 Å². The van der Waals surface area contributed by atoms with Crippen molar-refractivity contribution in [3.63, 3.8) is 0 Å². The molecule has 3 heterocycles. The van der Waals surface area contributed by atoms with Crippen molar-refractivity contribution in [2.24, 2.45) is 0 Å². The minimum atomic E-state index is -0.0429. The standard InChI is InChI=1S/C49H39N7/c1-48(2,3)30-21-24-42-36(27-30)37-28-31(49(4,5)6)22-25-43(37)55(42)44-26-23-32(50-7)29-38(44)46-52-45(35-17-9-12-18-39(35)51-8)53-47(54-46)56-40-19-13-10-15-33(40)34-16-11-14-20-41(34)56/h9-29H,1-6H3. The summed E-state index contributed by atoms with van der Waals surface area (Å²) in [6.45, 7) is 29.5. The Hall–Kier alpha value is -7.09. The third-order valence-electron chi connectivity index (χ3n) is 10.8. The molecular formula is C49H39N7. The van der Waals surface area contributed by atoms with E-state index in [1.165, 1.54) is 11.1 Å². The van der Waals surface area contributed by atoms with Crippen LogP contribution in [0.2, 0.25) is 0 Å². The number of fused-ring (bicyclic) bond motifs is 6. The first kappa shape index (κ1) is 34.7. The second-order valence-corrected chi connectivity index (χ2v) is 16.4. The maximum Gasteiger partial charge on any atom is 0.238 e. The van der Waals surface area contributed by atoms with Crippen LogP contribution in [0.4, 0.5) is 11.4 Å². The average molecular weight is 726 g/mol. The van der Waals surface area contributed by atoms with Gasteiger partial charge < -0.3 is 4.57 Å². The number of hydrogen-bond donors (Lipinski definition) is 0. The fraction of sp³-hybridized carbons (Fsp3) is 0.163. The smallest absolute Gasteiger partial charge is 0.238 e. The molecule has 0 aliphatic carbocycles. The third-order valence-corrected chi connectivity index (χ3v) is 10.8. The van der Waals surface area contributed by atoms with E-state index in [9.17, 15) is 0 Å². The number of aromatic nitrogens is 5. The SMILES string of the molecule is [C-]#[N+]c1ccc(-n2c3ccc(C(C)(C)C)cc3c3cc(C(C)(C)C)ccc32)c(-c2nc(-c3ccccc3[N+]#[C-])nc(-n3c4ccccc4c4ccccc43)n2)c1. The molecule has 0 aliphatic heterocycles. The molecule has 7 heteroatoms. The highest BCUT2D eigenvalue weighted by atomic mass is 15.2. The molecule has 0 radical (unpaired) electrons. The van der Waals surface area contributed by atoms with Gasteiger partial charge in [-0.1, -0.05) is 120 Å². The molecule has 9 rings (SSSR count). The second-order valence-electron chi connectivity index (χ2n) is 16.4. The van der Waals surface area contributed by atoms with Gasteiger partial charge in [0.05, 0.1) is 40.9 Å². The molecule has 0 saturated heterocycles. The predicted molar refractivity (Wildman–Crippen MR) is 229 cm³/mol. The zero-order valence-corrected chi connectivity index (χ0v) is 32.3. The van der Waals surface area contributed by atoms with Crippen LogP contribution in [0, 0.1) is 13.1 Å². The molecule has 56 heavy (non-hydrogen) atoms. The summed E-state index contributed by atoms with van der Waals surface area (Å²) >= 11 is 0. The fourth-order valence-electron chi connectivity index (χ4n) is 7.79. The normalized spacial score (nSPS) is 12.1. The first-order valence-electron chi connectivity index (χ1n) is 18.8. The van der Waals surface area contributed by atoms with Gasteiger partial charge >= 0.3 is 0 Å². The number of benzene rings is 6. The largest absolute Gasteiger partial charge is 0.309 e. The molecule has 0 amide bonds. The lowest BCUT2D eigenvalue weighted by atomic mass is 9.85. The summed E-state index contributed by atoms with van der Waals surface area (Å²) in [6, 6.07) is 43.2. The van der Waals surface area contributed by atoms with E-state index in [2.05, 4.69) is 121 Å².